The zero-order valence-electron chi connectivity index (χ0n) is 8.57. The van der Waals surface area contributed by atoms with Crippen LogP contribution in [-0.2, 0) is 0 Å². The quantitative estimate of drug-likeness (QED) is 0.912. The summed E-state index contributed by atoms with van der Waals surface area (Å²) in [5, 5.41) is 9.02. The molecule has 0 aliphatic rings. The highest BCUT2D eigenvalue weighted by atomic mass is 79.9. The second-order valence-electron chi connectivity index (χ2n) is 3.25. The Morgan fingerprint density at radius 1 is 1.44 bits per heavy atom. The number of aromatic carboxylic acids is 1. The van der Waals surface area contributed by atoms with E-state index in [4.69, 9.17) is 5.11 Å². The largest absolute Gasteiger partial charge is 0.476 e. The number of aromatic nitrogens is 1. The fraction of sp³-hybridized carbons (Fsp3) is 0.200. The predicted octanol–water partition coefficient (Wildman–Crippen LogP) is 3.95. The summed E-state index contributed by atoms with van der Waals surface area (Å²) in [4.78, 5) is 18.0. The van der Waals surface area contributed by atoms with Gasteiger partial charge in [0, 0.05) is 14.2 Å². The predicted molar refractivity (Wildman–Crippen MR) is 69.6 cm³/mol. The van der Waals surface area contributed by atoms with Crippen molar-refractivity contribution in [1.29, 1.82) is 0 Å². The number of nitrogens with zero attached hydrogens (tertiary/aromatic N) is 1. The minimum Gasteiger partial charge on any atom is -0.476 e. The zero-order chi connectivity index (χ0) is 11.9. The number of thiazole rings is 1. The van der Waals surface area contributed by atoms with E-state index in [1.54, 1.807) is 11.3 Å². The number of carbonyl (C=O) groups is 1. The van der Waals surface area contributed by atoms with Crippen LogP contribution in [0.2, 0.25) is 0 Å². The Balaban J connectivity index is 2.51. The molecule has 6 heteroatoms. The molecule has 0 unspecified atom stereocenters. The molecule has 0 amide bonds. The maximum absolute atomic E-state index is 10.8. The molecular weight excluding hydrogens is 310 g/mol. The molecule has 0 spiro atoms. The van der Waals surface area contributed by atoms with Gasteiger partial charge in [-0.3, -0.25) is 0 Å². The summed E-state index contributed by atoms with van der Waals surface area (Å²) in [6, 6.07) is 2.01. The number of carboxylic acids is 1. The lowest BCUT2D eigenvalue weighted by Crippen LogP contribution is -1.93. The Morgan fingerprint density at radius 2 is 2.12 bits per heavy atom. The van der Waals surface area contributed by atoms with E-state index in [-0.39, 0.29) is 5.01 Å². The molecule has 0 radical (unpaired) electrons. The molecule has 3 nitrogen and oxygen atoms in total. The maximum atomic E-state index is 10.8. The molecule has 0 saturated carbocycles. The molecule has 2 aromatic rings. The lowest BCUT2D eigenvalue weighted by molar-refractivity contribution is 0.0696. The van der Waals surface area contributed by atoms with Crippen LogP contribution in [0.4, 0.5) is 0 Å². The highest BCUT2D eigenvalue weighted by Gasteiger charge is 2.16. The van der Waals surface area contributed by atoms with E-state index in [0.717, 1.165) is 19.9 Å². The summed E-state index contributed by atoms with van der Waals surface area (Å²) in [5.41, 5.74) is 0.774. The molecule has 0 atom stereocenters. The first-order valence-electron chi connectivity index (χ1n) is 4.46. The van der Waals surface area contributed by atoms with E-state index in [2.05, 4.69) is 20.9 Å². The second-order valence-corrected chi connectivity index (χ2v) is 6.36. The molecular formula is C10H8BrNO2S2. The van der Waals surface area contributed by atoms with Crippen molar-refractivity contribution in [2.45, 2.75) is 13.8 Å². The number of hydrogen-bond acceptors (Lipinski definition) is 4. The van der Waals surface area contributed by atoms with Gasteiger partial charge in [0.25, 0.3) is 0 Å². The minimum absolute atomic E-state index is 0.148. The van der Waals surface area contributed by atoms with Crippen LogP contribution >= 0.6 is 38.6 Å². The minimum atomic E-state index is -0.966. The Morgan fingerprint density at radius 3 is 2.56 bits per heavy atom. The molecule has 84 valence electrons. The van der Waals surface area contributed by atoms with Crippen LogP contribution < -0.4 is 0 Å². The van der Waals surface area contributed by atoms with Gasteiger partial charge < -0.3 is 5.11 Å². The number of thiophene rings is 1. The van der Waals surface area contributed by atoms with Gasteiger partial charge in [-0.1, -0.05) is 0 Å². The molecule has 2 aromatic heterocycles. The summed E-state index contributed by atoms with van der Waals surface area (Å²) in [7, 11) is 0. The summed E-state index contributed by atoms with van der Waals surface area (Å²) in [5.74, 6) is -0.966. The van der Waals surface area contributed by atoms with Crippen LogP contribution in [0.15, 0.2) is 10.5 Å². The Kier molecular flexibility index (Phi) is 3.14. The summed E-state index contributed by atoms with van der Waals surface area (Å²) >= 11 is 6.31. The smallest absolute Gasteiger partial charge is 0.365 e. The number of halogens is 1. The standard InChI is InChI=1S/C10H8BrNO2S2/c1-4-8(16-9(12-4)10(13)14)7-3-6(11)5(2)15-7/h3H,1-2H3,(H,13,14). The van der Waals surface area contributed by atoms with Crippen LogP contribution in [0.3, 0.4) is 0 Å². The van der Waals surface area contributed by atoms with Crippen LogP contribution in [0.25, 0.3) is 9.75 Å². The molecule has 1 N–H and O–H groups in total. The van der Waals surface area contributed by atoms with Crippen LogP contribution in [0, 0.1) is 13.8 Å². The van der Waals surface area contributed by atoms with Gasteiger partial charge in [-0.15, -0.1) is 22.7 Å². The number of rotatable bonds is 2. The van der Waals surface area contributed by atoms with Crippen molar-refractivity contribution in [3.05, 3.63) is 26.1 Å². The molecule has 0 aliphatic heterocycles. The molecule has 0 fully saturated rings. The number of hydrogen-bond donors (Lipinski definition) is 1. The van der Waals surface area contributed by atoms with Crippen LogP contribution in [0.5, 0.6) is 0 Å². The average Bonchev–Trinajstić information content (AvgIpc) is 2.72. The molecule has 16 heavy (non-hydrogen) atoms. The molecule has 2 rings (SSSR count). The van der Waals surface area contributed by atoms with Crippen molar-refractivity contribution in [2.75, 3.05) is 0 Å². The monoisotopic (exact) mass is 317 g/mol. The Bertz CT molecular complexity index is 540. The van der Waals surface area contributed by atoms with Crippen molar-refractivity contribution < 1.29 is 9.90 Å². The highest BCUT2D eigenvalue weighted by molar-refractivity contribution is 9.10. The average molecular weight is 318 g/mol. The van der Waals surface area contributed by atoms with E-state index in [9.17, 15) is 4.79 Å². The normalized spacial score (nSPS) is 10.7. The molecule has 0 bridgehead atoms. The van der Waals surface area contributed by atoms with Crippen molar-refractivity contribution in [3.8, 4) is 9.75 Å². The third kappa shape index (κ3) is 2.05. The molecule has 0 saturated heterocycles. The van der Waals surface area contributed by atoms with Gasteiger partial charge in [0.15, 0.2) is 0 Å². The highest BCUT2D eigenvalue weighted by Crippen LogP contribution is 2.38. The fourth-order valence-electron chi connectivity index (χ4n) is 1.29. The van der Waals surface area contributed by atoms with Gasteiger partial charge in [-0.05, 0) is 35.8 Å². The van der Waals surface area contributed by atoms with Crippen molar-refractivity contribution in [3.63, 3.8) is 0 Å². The lowest BCUT2D eigenvalue weighted by Gasteiger charge is -1.90. The van der Waals surface area contributed by atoms with Crippen molar-refractivity contribution >= 4 is 44.6 Å². The van der Waals surface area contributed by atoms with E-state index in [0.29, 0.717) is 0 Å². The van der Waals surface area contributed by atoms with E-state index in [1.807, 2.05) is 19.9 Å². The first-order valence-corrected chi connectivity index (χ1v) is 6.88. The first kappa shape index (κ1) is 11.8. The number of carboxylic acid groups (broad SMARTS) is 1. The third-order valence-corrected chi connectivity index (χ3v) is 5.52. The Labute approximate surface area is 109 Å². The summed E-state index contributed by atoms with van der Waals surface area (Å²) in [6.07, 6.45) is 0. The van der Waals surface area contributed by atoms with Gasteiger partial charge in [0.2, 0.25) is 5.01 Å². The summed E-state index contributed by atoms with van der Waals surface area (Å²) < 4.78 is 1.05. The summed E-state index contributed by atoms with van der Waals surface area (Å²) in [6.45, 7) is 3.86. The van der Waals surface area contributed by atoms with Gasteiger partial charge in [-0.25, -0.2) is 9.78 Å². The van der Waals surface area contributed by atoms with Gasteiger partial charge in [-0.2, -0.15) is 0 Å². The SMILES string of the molecule is Cc1nc(C(=O)O)sc1-c1cc(Br)c(C)s1. The topological polar surface area (TPSA) is 50.2 Å². The van der Waals surface area contributed by atoms with Crippen LogP contribution in [-0.4, -0.2) is 16.1 Å². The van der Waals surface area contributed by atoms with Gasteiger partial charge >= 0.3 is 5.97 Å². The van der Waals surface area contributed by atoms with Crippen molar-refractivity contribution in [1.82, 2.24) is 4.98 Å². The van der Waals surface area contributed by atoms with E-state index >= 15 is 0 Å². The Hall–Kier alpha value is -0.720. The van der Waals surface area contributed by atoms with Crippen LogP contribution in [0.1, 0.15) is 20.4 Å². The fourth-order valence-corrected chi connectivity index (χ4v) is 3.88. The maximum Gasteiger partial charge on any atom is 0.365 e. The zero-order valence-corrected chi connectivity index (χ0v) is 11.8. The third-order valence-electron chi connectivity index (χ3n) is 2.06. The lowest BCUT2D eigenvalue weighted by atomic mass is 10.3. The molecule has 0 aliphatic carbocycles. The molecule has 0 aromatic carbocycles. The van der Waals surface area contributed by atoms with E-state index < -0.39 is 5.97 Å². The molecule has 2 heterocycles. The number of aryl methyl sites for hydroxylation is 2. The van der Waals surface area contributed by atoms with E-state index in [1.165, 1.54) is 16.2 Å². The second kappa shape index (κ2) is 4.27. The van der Waals surface area contributed by atoms with Gasteiger partial charge in [0.05, 0.1) is 10.6 Å². The van der Waals surface area contributed by atoms with Gasteiger partial charge in [0.1, 0.15) is 0 Å². The van der Waals surface area contributed by atoms with Crippen molar-refractivity contribution in [2.24, 2.45) is 0 Å². The first-order chi connectivity index (χ1) is 7.49.